The Morgan fingerprint density at radius 1 is 1.24 bits per heavy atom. The SMILES string of the molecule is CC(c1cc(O)ccc1O)N1CCCNCC1. The van der Waals surface area contributed by atoms with Gasteiger partial charge in [-0.1, -0.05) is 0 Å². The van der Waals surface area contributed by atoms with E-state index >= 15 is 0 Å². The van der Waals surface area contributed by atoms with Crippen molar-refractivity contribution in [2.45, 2.75) is 19.4 Å². The highest BCUT2D eigenvalue weighted by atomic mass is 16.3. The Hall–Kier alpha value is -1.26. The molecule has 17 heavy (non-hydrogen) atoms. The first kappa shape index (κ1) is 12.2. The first-order valence-corrected chi connectivity index (χ1v) is 6.15. The molecule has 1 saturated heterocycles. The van der Waals surface area contributed by atoms with Crippen LogP contribution in [-0.4, -0.2) is 41.3 Å². The van der Waals surface area contributed by atoms with E-state index < -0.39 is 0 Å². The summed E-state index contributed by atoms with van der Waals surface area (Å²) in [5, 5.41) is 22.7. The number of nitrogens with zero attached hydrogens (tertiary/aromatic N) is 1. The summed E-state index contributed by atoms with van der Waals surface area (Å²) in [4.78, 5) is 2.33. The second-order valence-electron chi connectivity index (χ2n) is 4.56. The van der Waals surface area contributed by atoms with Gasteiger partial charge in [-0.2, -0.15) is 0 Å². The Morgan fingerprint density at radius 3 is 2.88 bits per heavy atom. The maximum absolute atomic E-state index is 9.85. The predicted molar refractivity (Wildman–Crippen MR) is 67.2 cm³/mol. The van der Waals surface area contributed by atoms with Crippen molar-refractivity contribution < 1.29 is 10.2 Å². The monoisotopic (exact) mass is 236 g/mol. The van der Waals surface area contributed by atoms with Gasteiger partial charge >= 0.3 is 0 Å². The summed E-state index contributed by atoms with van der Waals surface area (Å²) in [5.41, 5.74) is 0.798. The van der Waals surface area contributed by atoms with Gasteiger partial charge in [0.05, 0.1) is 0 Å². The molecule has 3 N–H and O–H groups in total. The molecular formula is C13H20N2O2. The lowest BCUT2D eigenvalue weighted by molar-refractivity contribution is 0.221. The molecule has 0 saturated carbocycles. The maximum Gasteiger partial charge on any atom is 0.120 e. The highest BCUT2D eigenvalue weighted by Gasteiger charge is 2.19. The molecule has 4 heteroatoms. The average Bonchev–Trinajstić information content (AvgIpc) is 2.60. The van der Waals surface area contributed by atoms with Gasteiger partial charge in [-0.05, 0) is 44.6 Å². The third-order valence-electron chi connectivity index (χ3n) is 3.38. The standard InChI is InChI=1S/C13H20N2O2/c1-10(15-7-2-5-14-6-8-15)12-9-11(16)3-4-13(12)17/h3-4,9-10,14,16-17H,2,5-8H2,1H3. The molecule has 1 atom stereocenters. The van der Waals surface area contributed by atoms with Gasteiger partial charge in [0.25, 0.3) is 0 Å². The first-order chi connectivity index (χ1) is 8.18. The van der Waals surface area contributed by atoms with E-state index in [2.05, 4.69) is 17.1 Å². The van der Waals surface area contributed by atoms with Gasteiger partial charge in [0.15, 0.2) is 0 Å². The molecule has 1 aromatic rings. The van der Waals surface area contributed by atoms with E-state index in [0.717, 1.165) is 38.2 Å². The first-order valence-electron chi connectivity index (χ1n) is 6.15. The third-order valence-corrected chi connectivity index (χ3v) is 3.38. The van der Waals surface area contributed by atoms with Crippen molar-refractivity contribution in [1.29, 1.82) is 0 Å². The maximum atomic E-state index is 9.85. The van der Waals surface area contributed by atoms with E-state index in [4.69, 9.17) is 0 Å². The molecule has 0 bridgehead atoms. The number of hydrogen-bond donors (Lipinski definition) is 3. The van der Waals surface area contributed by atoms with Gasteiger partial charge in [0.1, 0.15) is 11.5 Å². The molecule has 0 amide bonds. The number of benzene rings is 1. The van der Waals surface area contributed by atoms with Crippen LogP contribution in [0.4, 0.5) is 0 Å². The second kappa shape index (κ2) is 5.38. The number of phenols is 2. The molecule has 4 nitrogen and oxygen atoms in total. The van der Waals surface area contributed by atoms with Crippen molar-refractivity contribution in [3.63, 3.8) is 0 Å². The minimum atomic E-state index is 0.127. The highest BCUT2D eigenvalue weighted by Crippen LogP contribution is 2.31. The van der Waals surface area contributed by atoms with E-state index in [9.17, 15) is 10.2 Å². The van der Waals surface area contributed by atoms with E-state index in [0.29, 0.717) is 0 Å². The smallest absolute Gasteiger partial charge is 0.120 e. The van der Waals surface area contributed by atoms with Crippen LogP contribution in [0.3, 0.4) is 0 Å². The molecule has 1 fully saturated rings. The van der Waals surface area contributed by atoms with E-state index in [1.165, 1.54) is 6.07 Å². The minimum Gasteiger partial charge on any atom is -0.508 e. The van der Waals surface area contributed by atoms with Gasteiger partial charge in [0, 0.05) is 24.7 Å². The molecule has 1 aliphatic rings. The van der Waals surface area contributed by atoms with Gasteiger partial charge in [-0.3, -0.25) is 4.90 Å². The number of rotatable bonds is 2. The quantitative estimate of drug-likeness (QED) is 0.680. The summed E-state index contributed by atoms with van der Waals surface area (Å²) in [6.07, 6.45) is 1.11. The van der Waals surface area contributed by atoms with Crippen LogP contribution >= 0.6 is 0 Å². The second-order valence-corrected chi connectivity index (χ2v) is 4.56. The van der Waals surface area contributed by atoms with Crippen LogP contribution in [-0.2, 0) is 0 Å². The summed E-state index contributed by atoms with van der Waals surface area (Å²) in [6, 6.07) is 4.84. The summed E-state index contributed by atoms with van der Waals surface area (Å²) in [5.74, 6) is 0.463. The lowest BCUT2D eigenvalue weighted by Crippen LogP contribution is -2.30. The summed E-state index contributed by atoms with van der Waals surface area (Å²) in [7, 11) is 0. The molecule has 1 heterocycles. The Balaban J connectivity index is 2.16. The molecule has 0 spiro atoms. The zero-order valence-electron chi connectivity index (χ0n) is 10.2. The number of hydrogen-bond acceptors (Lipinski definition) is 4. The van der Waals surface area contributed by atoms with Crippen LogP contribution in [0.25, 0.3) is 0 Å². The van der Waals surface area contributed by atoms with Crippen LogP contribution in [0.5, 0.6) is 11.5 Å². The molecule has 0 aromatic heterocycles. The van der Waals surface area contributed by atoms with Gasteiger partial charge < -0.3 is 15.5 Å². The fourth-order valence-corrected chi connectivity index (χ4v) is 2.33. The Labute approximate surface area is 102 Å². The lowest BCUT2D eigenvalue weighted by Gasteiger charge is -2.28. The molecule has 1 aliphatic heterocycles. The largest absolute Gasteiger partial charge is 0.508 e. The molecule has 1 aromatic carbocycles. The topological polar surface area (TPSA) is 55.7 Å². The molecule has 2 rings (SSSR count). The number of phenolic OH excluding ortho intramolecular Hbond substituents is 2. The van der Waals surface area contributed by atoms with Crippen LogP contribution in [0.1, 0.15) is 24.9 Å². The van der Waals surface area contributed by atoms with Crippen molar-refractivity contribution in [3.8, 4) is 11.5 Å². The Kier molecular flexibility index (Phi) is 3.86. The summed E-state index contributed by atoms with van der Waals surface area (Å²) < 4.78 is 0. The van der Waals surface area contributed by atoms with E-state index in [1.54, 1.807) is 12.1 Å². The van der Waals surface area contributed by atoms with E-state index in [1.807, 2.05) is 0 Å². The van der Waals surface area contributed by atoms with Crippen LogP contribution in [0, 0.1) is 0 Å². The zero-order chi connectivity index (χ0) is 12.3. The summed E-state index contributed by atoms with van der Waals surface area (Å²) in [6.45, 7) is 6.08. The van der Waals surface area contributed by atoms with Crippen LogP contribution in [0.2, 0.25) is 0 Å². The summed E-state index contributed by atoms with van der Waals surface area (Å²) >= 11 is 0. The zero-order valence-corrected chi connectivity index (χ0v) is 10.2. The van der Waals surface area contributed by atoms with Crippen molar-refractivity contribution in [2.75, 3.05) is 26.2 Å². The fraction of sp³-hybridized carbons (Fsp3) is 0.538. The molecule has 1 unspecified atom stereocenters. The highest BCUT2D eigenvalue weighted by molar-refractivity contribution is 5.40. The Morgan fingerprint density at radius 2 is 2.06 bits per heavy atom. The van der Waals surface area contributed by atoms with Crippen LogP contribution in [0.15, 0.2) is 18.2 Å². The fourth-order valence-electron chi connectivity index (χ4n) is 2.33. The van der Waals surface area contributed by atoms with Crippen molar-refractivity contribution in [3.05, 3.63) is 23.8 Å². The molecule has 94 valence electrons. The number of aromatic hydroxyl groups is 2. The molecular weight excluding hydrogens is 216 g/mol. The van der Waals surface area contributed by atoms with Crippen molar-refractivity contribution in [1.82, 2.24) is 10.2 Å². The number of nitrogens with one attached hydrogen (secondary N) is 1. The van der Waals surface area contributed by atoms with Crippen molar-refractivity contribution >= 4 is 0 Å². The van der Waals surface area contributed by atoms with Crippen LogP contribution < -0.4 is 5.32 Å². The molecule has 0 aliphatic carbocycles. The average molecular weight is 236 g/mol. The van der Waals surface area contributed by atoms with Gasteiger partial charge in [-0.15, -0.1) is 0 Å². The lowest BCUT2D eigenvalue weighted by atomic mass is 10.0. The predicted octanol–water partition coefficient (Wildman–Crippen LogP) is 1.45. The minimum absolute atomic E-state index is 0.127. The molecule has 0 radical (unpaired) electrons. The Bertz CT molecular complexity index is 374. The van der Waals surface area contributed by atoms with Crippen molar-refractivity contribution in [2.24, 2.45) is 0 Å². The van der Waals surface area contributed by atoms with Gasteiger partial charge in [0.2, 0.25) is 0 Å². The van der Waals surface area contributed by atoms with Gasteiger partial charge in [-0.25, -0.2) is 0 Å². The normalized spacial score (nSPS) is 19.8. The van der Waals surface area contributed by atoms with E-state index in [-0.39, 0.29) is 17.5 Å². The third kappa shape index (κ3) is 2.90.